The van der Waals surface area contributed by atoms with E-state index in [0.29, 0.717) is 48.8 Å². The smallest absolute Gasteiger partial charge is 0.211 e. The lowest BCUT2D eigenvalue weighted by molar-refractivity contribution is 0.0501. The minimum absolute atomic E-state index is 0.109. The van der Waals surface area contributed by atoms with Crippen molar-refractivity contribution in [2.75, 3.05) is 25.4 Å². The lowest BCUT2D eigenvalue weighted by Crippen LogP contribution is -2.50. The molecule has 2 atom stereocenters. The number of anilines is 2. The van der Waals surface area contributed by atoms with Gasteiger partial charge >= 0.3 is 0 Å². The number of benzene rings is 1. The lowest BCUT2D eigenvalue weighted by atomic mass is 10.0. The number of piperidine rings is 1. The van der Waals surface area contributed by atoms with Gasteiger partial charge in [-0.05, 0) is 30.2 Å². The Labute approximate surface area is 167 Å². The molecule has 0 spiro atoms. The molecule has 4 rings (SSSR count). The highest BCUT2D eigenvalue weighted by atomic mass is 16.5. The SMILES string of the molecule is [2H]O[C@@H]1CN(Cc2ccn3ncnc(N([2H])c4cccc(OC([2H])([2H])[2H])c4)c23)CC[C@H]1N([2H])[2H]. The number of aliphatic hydroxyl groups excluding tert-OH is 1. The van der Waals surface area contributed by atoms with Crippen LogP contribution in [0.25, 0.3) is 5.52 Å². The van der Waals surface area contributed by atoms with Crippen molar-refractivity contribution in [2.45, 2.75) is 25.1 Å². The lowest BCUT2D eigenvalue weighted by Gasteiger charge is -2.33. The number of β-amino-alcohol motifs (C(OH)–C–C–N with tert-alkyl or cyclic N) is 1. The summed E-state index contributed by atoms with van der Waals surface area (Å²) in [5, 5.41) is 10.1. The number of fused-ring (bicyclic) bond motifs is 1. The Bertz CT molecular complexity index is 1130. The van der Waals surface area contributed by atoms with Gasteiger partial charge in [0.05, 0.1) is 17.3 Å². The van der Waals surface area contributed by atoms with E-state index in [0.717, 1.165) is 10.9 Å². The Balaban J connectivity index is 1.60. The van der Waals surface area contributed by atoms with E-state index in [1.165, 1.54) is 18.5 Å². The number of nitrogens with two attached hydrogens (primary N) is 1. The van der Waals surface area contributed by atoms with Crippen LogP contribution in [0, 0.1) is 0 Å². The molecule has 1 aromatic carbocycles. The summed E-state index contributed by atoms with van der Waals surface area (Å²) in [7, 11) is -2.60. The van der Waals surface area contributed by atoms with E-state index in [4.69, 9.17) is 19.6 Å². The van der Waals surface area contributed by atoms with Crippen LogP contribution in [-0.2, 0) is 6.54 Å². The summed E-state index contributed by atoms with van der Waals surface area (Å²) in [6.45, 7) is 1.45. The van der Waals surface area contributed by atoms with E-state index in [9.17, 15) is 0 Å². The third-order valence-electron chi connectivity index (χ3n) is 4.69. The first-order chi connectivity index (χ1) is 16.2. The number of hydrogen-bond acceptors (Lipinski definition) is 7. The monoisotopic (exact) mass is 375 g/mol. The zero-order chi connectivity index (χ0) is 24.5. The van der Waals surface area contributed by atoms with Gasteiger partial charge in [0.2, 0.25) is 1.43 Å². The van der Waals surface area contributed by atoms with Gasteiger partial charge in [-0.2, -0.15) is 5.10 Å². The van der Waals surface area contributed by atoms with Gasteiger partial charge in [0.15, 0.2) is 7.23 Å². The van der Waals surface area contributed by atoms with Crippen LogP contribution in [0.3, 0.4) is 0 Å². The highest BCUT2D eigenvalue weighted by molar-refractivity contribution is 5.76. The van der Waals surface area contributed by atoms with Gasteiger partial charge < -0.3 is 20.9 Å². The number of rotatable bonds is 7. The molecule has 8 heteroatoms. The Morgan fingerprint density at radius 2 is 2.56 bits per heavy atom. The van der Waals surface area contributed by atoms with Crippen molar-refractivity contribution in [1.82, 2.24) is 19.5 Å². The first-order valence-corrected chi connectivity index (χ1v) is 8.67. The van der Waals surface area contributed by atoms with Crippen molar-refractivity contribution in [3.05, 3.63) is 48.4 Å². The summed E-state index contributed by atoms with van der Waals surface area (Å²) in [5.74, 6) is 0.408. The van der Waals surface area contributed by atoms with Crippen LogP contribution < -0.4 is 15.8 Å². The second kappa shape index (κ2) is 7.51. The molecular formula is C19H24N6O2. The Kier molecular flexibility index (Phi) is 3.13. The maximum atomic E-state index is 8.68. The van der Waals surface area contributed by atoms with Crippen LogP contribution in [0.5, 0.6) is 5.75 Å². The minimum Gasteiger partial charge on any atom is -0.497 e. The molecule has 1 aliphatic heterocycles. The fraction of sp³-hybridized carbons (Fsp3) is 0.368. The van der Waals surface area contributed by atoms with E-state index in [1.54, 1.807) is 22.8 Å². The zero-order valence-corrected chi connectivity index (χ0v) is 14.5. The molecule has 1 fully saturated rings. The number of aromatic nitrogens is 3. The Morgan fingerprint density at radius 3 is 3.44 bits per heavy atom. The fourth-order valence-electron chi connectivity index (χ4n) is 3.30. The van der Waals surface area contributed by atoms with E-state index < -0.39 is 19.2 Å². The largest absolute Gasteiger partial charge is 0.497 e. The van der Waals surface area contributed by atoms with Gasteiger partial charge in [0.1, 0.15) is 20.4 Å². The van der Waals surface area contributed by atoms with Crippen molar-refractivity contribution >= 4 is 17.0 Å². The maximum absolute atomic E-state index is 8.68. The molecule has 3 heterocycles. The third-order valence-corrected chi connectivity index (χ3v) is 4.69. The molecule has 1 aliphatic rings. The average Bonchev–Trinajstić information content (AvgIpc) is 3.20. The second-order valence-electron chi connectivity index (χ2n) is 6.56. The molecule has 0 aliphatic carbocycles. The number of hydrogen-bond donors (Lipinski definition) is 3. The van der Waals surface area contributed by atoms with Crippen molar-refractivity contribution < 1.29 is 18.2 Å². The zero-order valence-electron chi connectivity index (χ0n) is 21.5. The van der Waals surface area contributed by atoms with Gasteiger partial charge in [0, 0.05) is 43.6 Å². The third kappa shape index (κ3) is 3.73. The Morgan fingerprint density at radius 1 is 1.56 bits per heavy atom. The predicted octanol–water partition coefficient (Wildman–Crippen LogP) is 1.38. The average molecular weight is 375 g/mol. The van der Waals surface area contributed by atoms with E-state index in [2.05, 4.69) is 15.0 Å². The molecule has 0 radical (unpaired) electrons. The number of methoxy groups -OCH3 is 1. The van der Waals surface area contributed by atoms with Gasteiger partial charge in [-0.25, -0.2) is 9.50 Å². The maximum Gasteiger partial charge on any atom is 0.211 e. The molecule has 0 unspecified atom stereocenters. The van der Waals surface area contributed by atoms with Crippen LogP contribution in [0.1, 0.15) is 16.1 Å². The summed E-state index contributed by atoms with van der Waals surface area (Å²) in [5.41, 5.74) is 2.41. The van der Waals surface area contributed by atoms with Gasteiger partial charge in [-0.3, -0.25) is 4.90 Å². The highest BCUT2D eigenvalue weighted by Gasteiger charge is 2.25. The summed E-state index contributed by atoms with van der Waals surface area (Å²) in [6.07, 6.45) is 3.01. The van der Waals surface area contributed by atoms with Crippen molar-refractivity contribution in [1.29, 1.82) is 1.43 Å². The molecule has 27 heavy (non-hydrogen) atoms. The minimum atomic E-state index is -2.60. The number of ether oxygens (including phenoxy) is 1. The first kappa shape index (κ1) is 11.2. The van der Waals surface area contributed by atoms with Gasteiger partial charge in [-0.1, -0.05) is 6.07 Å². The summed E-state index contributed by atoms with van der Waals surface area (Å²) in [4.78, 5) is 6.36. The number of aliphatic hydroxyl groups is 1. The summed E-state index contributed by atoms with van der Waals surface area (Å²) in [6, 6.07) is 7.60. The molecule has 3 aromatic rings. The molecular weight excluding hydrogens is 344 g/mol. The molecule has 8 nitrogen and oxygen atoms in total. The normalized spacial score (nSPS) is 25.0. The standard InChI is InChI=1S/C19H24N6O2/c1-27-15-4-2-3-14(9-15)23-19-18-13(5-8-25(18)22-12-21-19)10-24-7-6-16(20)17(26)11-24/h2-5,8-9,12,16-17,26H,6-7,10-11,20H2,1H3,(H,21,22,23)/t16-,17-/m1/s1/i1D3,26D/hD3. The van der Waals surface area contributed by atoms with E-state index >= 15 is 0 Å². The number of likely N-dealkylation sites (tertiary alicyclic amines) is 1. The number of nitrogens with zero attached hydrogens (tertiary/aromatic N) is 4. The van der Waals surface area contributed by atoms with Crippen LogP contribution in [0.2, 0.25) is 4.24 Å². The van der Waals surface area contributed by atoms with Crippen LogP contribution in [0.15, 0.2) is 42.9 Å². The summed E-state index contributed by atoms with van der Waals surface area (Å²) >= 11 is 0. The predicted molar refractivity (Wildman–Crippen MR) is 103 cm³/mol. The summed E-state index contributed by atoms with van der Waals surface area (Å²) < 4.78 is 59.5. The highest BCUT2D eigenvalue weighted by Crippen LogP contribution is 2.26. The van der Waals surface area contributed by atoms with E-state index in [1.807, 2.05) is 6.07 Å². The quantitative estimate of drug-likeness (QED) is 0.573. The fourth-order valence-corrected chi connectivity index (χ4v) is 3.30. The molecule has 0 saturated carbocycles. The van der Waals surface area contributed by atoms with Crippen molar-refractivity contribution in [3.8, 4) is 5.75 Å². The molecule has 142 valence electrons. The molecule has 1 saturated heterocycles. The molecule has 0 bridgehead atoms. The van der Waals surface area contributed by atoms with Crippen molar-refractivity contribution in [2.24, 2.45) is 5.72 Å². The topological polar surface area (TPSA) is 101 Å². The van der Waals surface area contributed by atoms with Crippen LogP contribution in [-0.4, -0.2) is 58.3 Å². The van der Waals surface area contributed by atoms with Crippen molar-refractivity contribution in [3.63, 3.8) is 0 Å². The van der Waals surface area contributed by atoms with Crippen LogP contribution in [0.4, 0.5) is 11.5 Å². The molecule has 2 aromatic heterocycles. The first-order valence-electron chi connectivity index (χ1n) is 11.9. The van der Waals surface area contributed by atoms with E-state index in [-0.39, 0.29) is 5.75 Å². The molecule has 0 amide bonds. The molecule has 4 N–H and O–H groups in total. The van der Waals surface area contributed by atoms with Gasteiger partial charge in [-0.15, -0.1) is 0 Å². The van der Waals surface area contributed by atoms with Gasteiger partial charge in [0.25, 0.3) is 0 Å². The Hall–Kier alpha value is -2.68. The number of nitrogens with one attached hydrogen (secondary N) is 1. The second-order valence-corrected chi connectivity index (χ2v) is 6.56. The van der Waals surface area contributed by atoms with Crippen LogP contribution >= 0.6 is 0 Å².